The van der Waals surface area contributed by atoms with Gasteiger partial charge in [-0.25, -0.2) is 4.98 Å². The van der Waals surface area contributed by atoms with Crippen LogP contribution < -0.4 is 0 Å². The van der Waals surface area contributed by atoms with Gasteiger partial charge in [0.2, 0.25) is 0 Å². The summed E-state index contributed by atoms with van der Waals surface area (Å²) in [5, 5.41) is 10.3. The lowest BCUT2D eigenvalue weighted by atomic mass is 9.71. The predicted molar refractivity (Wildman–Crippen MR) is 62.9 cm³/mol. The van der Waals surface area contributed by atoms with Crippen molar-refractivity contribution in [1.82, 2.24) is 14.9 Å². The third-order valence-electron chi connectivity index (χ3n) is 3.94. The molecule has 1 saturated heterocycles. The summed E-state index contributed by atoms with van der Waals surface area (Å²) >= 11 is 0. The number of rotatable bonds is 2. The second-order valence-corrected chi connectivity index (χ2v) is 5.70. The molecule has 0 saturated carbocycles. The highest BCUT2D eigenvalue weighted by molar-refractivity contribution is 5.00. The van der Waals surface area contributed by atoms with E-state index in [1.807, 2.05) is 13.1 Å². The highest BCUT2D eigenvalue weighted by Gasteiger charge is 2.43. The molecular weight excluding hydrogens is 202 g/mol. The number of nitrogens with zero attached hydrogens (tertiary/aromatic N) is 2. The van der Waals surface area contributed by atoms with Crippen LogP contribution in [0.1, 0.15) is 32.9 Å². The molecule has 2 N–H and O–H groups in total. The molecule has 0 unspecified atom stereocenters. The van der Waals surface area contributed by atoms with Crippen molar-refractivity contribution in [2.45, 2.75) is 39.3 Å². The third kappa shape index (κ3) is 2.13. The van der Waals surface area contributed by atoms with Gasteiger partial charge in [0.1, 0.15) is 0 Å². The number of aliphatic hydroxyl groups is 1. The molecule has 0 spiro atoms. The van der Waals surface area contributed by atoms with E-state index in [9.17, 15) is 5.11 Å². The van der Waals surface area contributed by atoms with Crippen LogP contribution in [0.4, 0.5) is 0 Å². The predicted octanol–water partition coefficient (Wildman–Crippen LogP) is 1.39. The number of hydrogen-bond donors (Lipinski definition) is 2. The lowest BCUT2D eigenvalue weighted by Crippen LogP contribution is -2.55. The Morgan fingerprint density at radius 3 is 2.81 bits per heavy atom. The van der Waals surface area contributed by atoms with Crippen molar-refractivity contribution in [3.05, 3.63) is 18.2 Å². The van der Waals surface area contributed by atoms with Crippen molar-refractivity contribution in [1.29, 1.82) is 0 Å². The monoisotopic (exact) mass is 223 g/mol. The molecule has 0 amide bonds. The van der Waals surface area contributed by atoms with E-state index in [1.165, 1.54) is 0 Å². The summed E-state index contributed by atoms with van der Waals surface area (Å²) in [6.07, 6.45) is 4.40. The van der Waals surface area contributed by atoms with Gasteiger partial charge in [-0.2, -0.15) is 0 Å². The smallest absolute Gasteiger partial charge is 0.0922 e. The Balaban J connectivity index is 2.01. The van der Waals surface area contributed by atoms with Crippen LogP contribution in [-0.4, -0.2) is 38.7 Å². The van der Waals surface area contributed by atoms with Crippen LogP contribution in [0.25, 0.3) is 0 Å². The van der Waals surface area contributed by atoms with Crippen molar-refractivity contribution in [3.63, 3.8) is 0 Å². The summed E-state index contributed by atoms with van der Waals surface area (Å²) in [6, 6.07) is 0. The van der Waals surface area contributed by atoms with Gasteiger partial charge < -0.3 is 10.1 Å². The quantitative estimate of drug-likeness (QED) is 0.796. The van der Waals surface area contributed by atoms with E-state index in [-0.39, 0.29) is 5.41 Å². The molecule has 0 aromatic carbocycles. The molecule has 0 bridgehead atoms. The van der Waals surface area contributed by atoms with E-state index < -0.39 is 5.60 Å². The van der Waals surface area contributed by atoms with Gasteiger partial charge in [0.05, 0.1) is 11.9 Å². The first-order valence-electron chi connectivity index (χ1n) is 5.83. The third-order valence-corrected chi connectivity index (χ3v) is 3.94. The number of likely N-dealkylation sites (tertiary alicyclic amines) is 1. The molecule has 1 atom stereocenters. The molecule has 1 fully saturated rings. The van der Waals surface area contributed by atoms with Crippen LogP contribution in [0.5, 0.6) is 0 Å². The average molecular weight is 223 g/mol. The van der Waals surface area contributed by atoms with Gasteiger partial charge in [0.15, 0.2) is 0 Å². The van der Waals surface area contributed by atoms with Gasteiger partial charge in [0.25, 0.3) is 0 Å². The van der Waals surface area contributed by atoms with Gasteiger partial charge >= 0.3 is 0 Å². The second-order valence-electron chi connectivity index (χ2n) is 5.70. The Morgan fingerprint density at radius 1 is 1.50 bits per heavy atom. The maximum atomic E-state index is 10.3. The summed E-state index contributed by atoms with van der Waals surface area (Å²) < 4.78 is 0. The number of imidazole rings is 1. The fourth-order valence-electron chi connectivity index (χ4n) is 2.27. The molecular formula is C12H21N3O. The average Bonchev–Trinajstić information content (AvgIpc) is 2.64. The zero-order valence-corrected chi connectivity index (χ0v) is 10.3. The number of aromatic nitrogens is 2. The normalized spacial score (nSPS) is 30.5. The topological polar surface area (TPSA) is 52.2 Å². The molecule has 0 radical (unpaired) electrons. The first-order chi connectivity index (χ1) is 7.41. The van der Waals surface area contributed by atoms with E-state index in [4.69, 9.17) is 0 Å². The Morgan fingerprint density at radius 2 is 2.25 bits per heavy atom. The number of nitrogens with one attached hydrogen (secondary N) is 1. The van der Waals surface area contributed by atoms with Crippen LogP contribution in [0.3, 0.4) is 0 Å². The van der Waals surface area contributed by atoms with Gasteiger partial charge in [-0.1, -0.05) is 13.8 Å². The molecule has 2 rings (SSSR count). The van der Waals surface area contributed by atoms with E-state index in [0.717, 1.165) is 31.7 Å². The van der Waals surface area contributed by atoms with Crippen molar-refractivity contribution >= 4 is 0 Å². The van der Waals surface area contributed by atoms with Crippen molar-refractivity contribution in [3.8, 4) is 0 Å². The van der Waals surface area contributed by atoms with Crippen LogP contribution >= 0.6 is 0 Å². The molecule has 4 nitrogen and oxygen atoms in total. The maximum absolute atomic E-state index is 10.3. The highest BCUT2D eigenvalue weighted by atomic mass is 16.3. The van der Waals surface area contributed by atoms with Gasteiger partial charge in [-0.3, -0.25) is 4.90 Å². The Labute approximate surface area is 96.7 Å². The SMILES string of the molecule is CC1(C)CN(Cc2cnc[nH]2)CC[C@@]1(C)O. The minimum absolute atomic E-state index is 0.0642. The fraction of sp³-hybridized carbons (Fsp3) is 0.750. The van der Waals surface area contributed by atoms with E-state index in [2.05, 4.69) is 28.7 Å². The van der Waals surface area contributed by atoms with Crippen molar-refractivity contribution < 1.29 is 5.11 Å². The Hall–Kier alpha value is -0.870. The molecule has 1 aromatic heterocycles. The molecule has 2 heterocycles. The van der Waals surface area contributed by atoms with Crippen molar-refractivity contribution in [2.24, 2.45) is 5.41 Å². The fourth-order valence-corrected chi connectivity index (χ4v) is 2.27. The number of H-pyrrole nitrogens is 1. The summed E-state index contributed by atoms with van der Waals surface area (Å²) in [6.45, 7) is 8.95. The highest BCUT2D eigenvalue weighted by Crippen LogP contribution is 2.38. The largest absolute Gasteiger partial charge is 0.390 e. The zero-order valence-electron chi connectivity index (χ0n) is 10.3. The molecule has 1 aliphatic rings. The molecule has 16 heavy (non-hydrogen) atoms. The Bertz CT molecular complexity index is 343. The maximum Gasteiger partial charge on any atom is 0.0922 e. The van der Waals surface area contributed by atoms with E-state index in [0.29, 0.717) is 0 Å². The number of aromatic amines is 1. The molecule has 4 heteroatoms. The molecule has 1 aliphatic heterocycles. The zero-order chi connectivity index (χ0) is 11.8. The lowest BCUT2D eigenvalue weighted by molar-refractivity contribution is -0.107. The van der Waals surface area contributed by atoms with Crippen molar-refractivity contribution in [2.75, 3.05) is 13.1 Å². The summed E-state index contributed by atoms with van der Waals surface area (Å²) in [7, 11) is 0. The first-order valence-corrected chi connectivity index (χ1v) is 5.83. The Kier molecular flexibility index (Phi) is 2.80. The summed E-state index contributed by atoms with van der Waals surface area (Å²) in [5.41, 5.74) is 0.514. The van der Waals surface area contributed by atoms with Gasteiger partial charge in [0, 0.05) is 36.9 Å². The van der Waals surface area contributed by atoms with Crippen LogP contribution in [-0.2, 0) is 6.54 Å². The molecule has 1 aromatic rings. The molecule has 90 valence electrons. The summed E-state index contributed by atoms with van der Waals surface area (Å²) in [5.74, 6) is 0. The lowest BCUT2D eigenvalue weighted by Gasteiger charge is -2.48. The van der Waals surface area contributed by atoms with Crippen LogP contribution in [0.2, 0.25) is 0 Å². The molecule has 0 aliphatic carbocycles. The van der Waals surface area contributed by atoms with Gasteiger partial charge in [-0.15, -0.1) is 0 Å². The van der Waals surface area contributed by atoms with E-state index >= 15 is 0 Å². The minimum atomic E-state index is -0.558. The second kappa shape index (κ2) is 3.86. The minimum Gasteiger partial charge on any atom is -0.390 e. The number of piperidine rings is 1. The summed E-state index contributed by atoms with van der Waals surface area (Å²) in [4.78, 5) is 9.50. The van der Waals surface area contributed by atoms with E-state index in [1.54, 1.807) is 6.33 Å². The standard InChI is InChI=1S/C12H21N3O/c1-11(2)8-15(5-4-12(11,3)16)7-10-6-13-9-14-10/h6,9,16H,4-5,7-8H2,1-3H3,(H,13,14)/t12-/m1/s1. The first kappa shape index (κ1) is 11.6. The van der Waals surface area contributed by atoms with Gasteiger partial charge in [-0.05, 0) is 13.3 Å². The van der Waals surface area contributed by atoms with Crippen LogP contribution in [0, 0.1) is 5.41 Å². The number of hydrogen-bond acceptors (Lipinski definition) is 3. The van der Waals surface area contributed by atoms with Crippen LogP contribution in [0.15, 0.2) is 12.5 Å².